The molecule has 0 unspecified atom stereocenters. The second-order valence-corrected chi connectivity index (χ2v) is 5.48. The summed E-state index contributed by atoms with van der Waals surface area (Å²) in [6.45, 7) is 3.47. The van der Waals surface area contributed by atoms with E-state index in [1.807, 2.05) is 37.3 Å². The summed E-state index contributed by atoms with van der Waals surface area (Å²) in [7, 11) is 0. The Bertz CT molecular complexity index is 765. The fourth-order valence-corrected chi connectivity index (χ4v) is 2.06. The quantitative estimate of drug-likeness (QED) is 0.555. The van der Waals surface area contributed by atoms with Crippen LogP contribution in [0.1, 0.15) is 46.0 Å². The van der Waals surface area contributed by atoms with Crippen LogP contribution in [0.5, 0.6) is 0 Å². The van der Waals surface area contributed by atoms with Gasteiger partial charge in [0.15, 0.2) is 11.6 Å². The van der Waals surface area contributed by atoms with Crippen molar-refractivity contribution in [1.82, 2.24) is 0 Å². The van der Waals surface area contributed by atoms with Gasteiger partial charge in [-0.05, 0) is 12.5 Å². The van der Waals surface area contributed by atoms with Crippen LogP contribution in [-0.2, 0) is 4.79 Å². The van der Waals surface area contributed by atoms with Gasteiger partial charge in [0.25, 0.3) is 0 Å². The number of aryl methyl sites for hydroxylation is 1. The third kappa shape index (κ3) is 6.63. The van der Waals surface area contributed by atoms with Gasteiger partial charge in [-0.3, -0.25) is 14.4 Å². The van der Waals surface area contributed by atoms with Crippen LogP contribution >= 0.6 is 0 Å². The molecule has 0 heterocycles. The lowest BCUT2D eigenvalue weighted by Crippen LogP contribution is -2.25. The van der Waals surface area contributed by atoms with Gasteiger partial charge in [0.2, 0.25) is 5.78 Å². The van der Waals surface area contributed by atoms with E-state index in [2.05, 4.69) is 0 Å². The van der Waals surface area contributed by atoms with E-state index in [9.17, 15) is 27.6 Å². The van der Waals surface area contributed by atoms with Crippen LogP contribution in [0.15, 0.2) is 54.6 Å². The maximum atomic E-state index is 11.9. The van der Waals surface area contributed by atoms with Gasteiger partial charge in [0.05, 0.1) is 6.42 Å². The summed E-state index contributed by atoms with van der Waals surface area (Å²) in [5, 5.41) is 0. The zero-order valence-electron chi connectivity index (χ0n) is 14.5. The van der Waals surface area contributed by atoms with E-state index in [1.165, 1.54) is 12.1 Å². The highest BCUT2D eigenvalue weighted by Crippen LogP contribution is 2.20. The summed E-state index contributed by atoms with van der Waals surface area (Å²) in [6.07, 6.45) is -5.49. The lowest BCUT2D eigenvalue weighted by molar-refractivity contribution is -0.170. The van der Waals surface area contributed by atoms with Gasteiger partial charge >= 0.3 is 6.18 Å². The third-order valence-electron chi connectivity index (χ3n) is 3.50. The van der Waals surface area contributed by atoms with Crippen molar-refractivity contribution in [1.29, 1.82) is 0 Å². The first kappa shape index (κ1) is 21.3. The molecule has 6 heteroatoms. The van der Waals surface area contributed by atoms with Crippen molar-refractivity contribution in [3.8, 4) is 0 Å². The number of rotatable bonds is 5. The summed E-state index contributed by atoms with van der Waals surface area (Å²) in [5.74, 6) is -2.61. The maximum Gasteiger partial charge on any atom is 0.450 e. The second kappa shape index (κ2) is 9.65. The smallest absolute Gasteiger partial charge is 0.294 e. The largest absolute Gasteiger partial charge is 0.450 e. The van der Waals surface area contributed by atoms with Crippen molar-refractivity contribution in [2.24, 2.45) is 0 Å². The van der Waals surface area contributed by atoms with Crippen molar-refractivity contribution in [2.45, 2.75) is 32.9 Å². The van der Waals surface area contributed by atoms with E-state index in [-0.39, 0.29) is 11.3 Å². The van der Waals surface area contributed by atoms with E-state index in [0.29, 0.717) is 12.0 Å². The highest BCUT2D eigenvalue weighted by Gasteiger charge is 2.39. The molecule has 0 aromatic heterocycles. The Hall–Kier alpha value is -2.76. The number of alkyl halides is 3. The van der Waals surface area contributed by atoms with Crippen molar-refractivity contribution in [3.05, 3.63) is 71.3 Å². The number of halogens is 3. The predicted octanol–water partition coefficient (Wildman–Crippen LogP) is 4.98. The average Bonchev–Trinajstić information content (AvgIpc) is 2.61. The zero-order chi connectivity index (χ0) is 19.7. The molecule has 3 nitrogen and oxygen atoms in total. The Morgan fingerprint density at radius 2 is 1.38 bits per heavy atom. The molecule has 0 fully saturated rings. The zero-order valence-corrected chi connectivity index (χ0v) is 14.5. The highest BCUT2D eigenvalue weighted by molar-refractivity contribution is 6.10. The van der Waals surface area contributed by atoms with Gasteiger partial charge in [0.1, 0.15) is 0 Å². The van der Waals surface area contributed by atoms with Crippen LogP contribution in [-0.4, -0.2) is 23.5 Å². The Balaban J connectivity index is 0.000000289. The van der Waals surface area contributed by atoms with E-state index < -0.39 is 24.2 Å². The van der Waals surface area contributed by atoms with E-state index in [4.69, 9.17) is 0 Å². The van der Waals surface area contributed by atoms with Crippen LogP contribution < -0.4 is 0 Å². The molecule has 0 spiro atoms. The van der Waals surface area contributed by atoms with Gasteiger partial charge in [-0.2, -0.15) is 13.2 Å². The monoisotopic (exact) mass is 364 g/mol. The summed E-state index contributed by atoms with van der Waals surface area (Å²) >= 11 is 0. The first-order valence-electron chi connectivity index (χ1n) is 7.94. The molecule has 26 heavy (non-hydrogen) atoms. The van der Waals surface area contributed by atoms with Crippen LogP contribution in [0, 0.1) is 6.92 Å². The van der Waals surface area contributed by atoms with Gasteiger partial charge in [-0.15, -0.1) is 0 Å². The fraction of sp³-hybridized carbons (Fsp3) is 0.250. The molecule has 0 saturated heterocycles. The van der Waals surface area contributed by atoms with E-state index in [0.717, 1.165) is 5.56 Å². The summed E-state index contributed by atoms with van der Waals surface area (Å²) in [6, 6.07) is 15.6. The number of benzene rings is 2. The summed E-state index contributed by atoms with van der Waals surface area (Å²) in [4.78, 5) is 33.0. The van der Waals surface area contributed by atoms with Gasteiger partial charge < -0.3 is 0 Å². The van der Waals surface area contributed by atoms with Crippen LogP contribution in [0.2, 0.25) is 0 Å². The summed E-state index contributed by atoms with van der Waals surface area (Å²) < 4.78 is 35.8. The maximum absolute atomic E-state index is 11.9. The van der Waals surface area contributed by atoms with Gasteiger partial charge in [-0.25, -0.2) is 0 Å². The molecule has 0 amide bonds. The Labute approximate surface area is 149 Å². The molecule has 0 radical (unpaired) electrons. The first-order chi connectivity index (χ1) is 12.2. The lowest BCUT2D eigenvalue weighted by Gasteiger charge is -2.06. The normalized spacial score (nSPS) is 10.5. The van der Waals surface area contributed by atoms with Crippen molar-refractivity contribution < 1.29 is 27.6 Å². The minimum Gasteiger partial charge on any atom is -0.294 e. The molecule has 138 valence electrons. The minimum absolute atomic E-state index is 0.153. The molecule has 0 N–H and O–H groups in total. The Kier molecular flexibility index (Phi) is 7.90. The molecule has 2 aromatic rings. The Morgan fingerprint density at radius 3 is 1.88 bits per heavy atom. The van der Waals surface area contributed by atoms with E-state index in [1.54, 1.807) is 19.1 Å². The van der Waals surface area contributed by atoms with Crippen molar-refractivity contribution in [2.75, 3.05) is 0 Å². The molecule has 0 aliphatic rings. The number of hydrogen-bond acceptors (Lipinski definition) is 3. The summed E-state index contributed by atoms with van der Waals surface area (Å²) in [5.41, 5.74) is 1.52. The van der Waals surface area contributed by atoms with Crippen molar-refractivity contribution >= 4 is 17.3 Å². The molecule has 0 aliphatic carbocycles. The molecule has 2 aromatic carbocycles. The second-order valence-electron chi connectivity index (χ2n) is 5.48. The third-order valence-corrected chi connectivity index (χ3v) is 3.50. The van der Waals surface area contributed by atoms with Gasteiger partial charge in [0, 0.05) is 17.5 Å². The number of ketones is 3. The van der Waals surface area contributed by atoms with Crippen LogP contribution in [0.3, 0.4) is 0 Å². The topological polar surface area (TPSA) is 51.2 Å². The number of Topliss-reactive ketones (excluding diaryl/α,β-unsaturated/α-hetero) is 3. The Morgan fingerprint density at radius 1 is 0.846 bits per heavy atom. The molecule has 0 aliphatic heterocycles. The lowest BCUT2D eigenvalue weighted by atomic mass is 10.0. The molecular formula is C20H19F3O3. The fourth-order valence-electron chi connectivity index (χ4n) is 2.06. The molecule has 0 atom stereocenters. The molecular weight excluding hydrogens is 345 g/mol. The van der Waals surface area contributed by atoms with Crippen LogP contribution in [0.25, 0.3) is 0 Å². The van der Waals surface area contributed by atoms with Crippen LogP contribution in [0.4, 0.5) is 13.2 Å². The van der Waals surface area contributed by atoms with Gasteiger partial charge in [-0.1, -0.05) is 61.5 Å². The van der Waals surface area contributed by atoms with E-state index >= 15 is 0 Å². The predicted molar refractivity (Wildman–Crippen MR) is 92.3 cm³/mol. The number of carbonyl (C=O) groups excluding carboxylic acids is 3. The number of hydrogen-bond donors (Lipinski definition) is 0. The SMILES string of the molecule is CCC(=O)c1ccccc1.Cc1ccccc1C(=O)CC(=O)C(F)(F)F. The minimum atomic E-state index is -4.95. The highest BCUT2D eigenvalue weighted by atomic mass is 19.4. The van der Waals surface area contributed by atoms with Crippen molar-refractivity contribution in [3.63, 3.8) is 0 Å². The number of carbonyl (C=O) groups is 3. The first-order valence-corrected chi connectivity index (χ1v) is 7.94. The molecule has 0 saturated carbocycles. The average molecular weight is 364 g/mol. The molecule has 2 rings (SSSR count). The standard InChI is InChI=1S/C11H9F3O2.C9H10O/c1-7-4-2-3-5-8(7)9(15)6-10(16)11(12,13)14;1-2-9(10)8-6-4-3-5-7-8/h2-5H,6H2,1H3;3-7H,2H2,1H3. The molecule has 0 bridgehead atoms.